The Morgan fingerprint density at radius 1 is 1.41 bits per heavy atom. The van der Waals surface area contributed by atoms with Gasteiger partial charge in [-0.25, -0.2) is 4.68 Å². The Morgan fingerprint density at radius 2 is 2.12 bits per heavy atom. The molecule has 1 aromatic rings. The first kappa shape index (κ1) is 12.4. The van der Waals surface area contributed by atoms with Gasteiger partial charge in [0.25, 0.3) is 0 Å². The third kappa shape index (κ3) is 2.46. The molecule has 1 fully saturated rings. The van der Waals surface area contributed by atoms with Gasteiger partial charge in [0.15, 0.2) is 0 Å². The second-order valence-electron chi connectivity index (χ2n) is 4.85. The van der Waals surface area contributed by atoms with Crippen LogP contribution in [0.4, 0.5) is 0 Å². The third-order valence-electron chi connectivity index (χ3n) is 3.66. The van der Waals surface area contributed by atoms with Crippen molar-refractivity contribution < 1.29 is 4.74 Å². The maximum atomic E-state index is 5.58. The molecule has 0 saturated heterocycles. The smallest absolute Gasteiger partial charge is 0.215 e. The van der Waals surface area contributed by atoms with E-state index in [4.69, 9.17) is 10.5 Å². The molecule has 0 bridgehead atoms. The van der Waals surface area contributed by atoms with E-state index in [1.54, 1.807) is 7.11 Å². The molecule has 0 amide bonds. The van der Waals surface area contributed by atoms with E-state index in [2.05, 4.69) is 16.7 Å². The largest absolute Gasteiger partial charge is 0.481 e. The molecule has 96 valence electrons. The van der Waals surface area contributed by atoms with Gasteiger partial charge in [0, 0.05) is 5.56 Å². The molecule has 4 nitrogen and oxygen atoms in total. The monoisotopic (exact) mass is 237 g/mol. The van der Waals surface area contributed by atoms with Crippen LogP contribution in [0.1, 0.15) is 49.4 Å². The molecular weight excluding hydrogens is 214 g/mol. The zero-order valence-electron chi connectivity index (χ0n) is 10.9. The highest BCUT2D eigenvalue weighted by molar-refractivity contribution is 5.31. The molecule has 1 aromatic heterocycles. The van der Waals surface area contributed by atoms with E-state index in [9.17, 15) is 0 Å². The van der Waals surface area contributed by atoms with E-state index in [0.29, 0.717) is 6.04 Å². The Morgan fingerprint density at radius 3 is 2.71 bits per heavy atom. The van der Waals surface area contributed by atoms with Gasteiger partial charge in [-0.3, -0.25) is 0 Å². The normalized spacial score (nSPS) is 16.6. The van der Waals surface area contributed by atoms with Crippen molar-refractivity contribution in [1.82, 2.24) is 9.78 Å². The first-order valence-corrected chi connectivity index (χ1v) is 6.60. The highest BCUT2D eigenvalue weighted by atomic mass is 16.5. The minimum absolute atomic E-state index is 0.537. The lowest BCUT2D eigenvalue weighted by atomic mass is 10.1. The summed E-state index contributed by atoms with van der Waals surface area (Å²) in [7, 11) is 1.74. The minimum Gasteiger partial charge on any atom is -0.481 e. The van der Waals surface area contributed by atoms with Crippen molar-refractivity contribution in [2.24, 2.45) is 5.73 Å². The predicted molar refractivity (Wildman–Crippen MR) is 68.4 cm³/mol. The molecule has 4 heteroatoms. The maximum Gasteiger partial charge on any atom is 0.215 e. The summed E-state index contributed by atoms with van der Waals surface area (Å²) in [5.74, 6) is 0.961. The summed E-state index contributed by atoms with van der Waals surface area (Å²) >= 11 is 0. The fraction of sp³-hybridized carbons (Fsp3) is 0.769. The van der Waals surface area contributed by atoms with Gasteiger partial charge >= 0.3 is 0 Å². The van der Waals surface area contributed by atoms with Gasteiger partial charge in [-0.2, -0.15) is 5.10 Å². The lowest BCUT2D eigenvalue weighted by Gasteiger charge is -2.13. The Hall–Kier alpha value is -1.03. The Balaban J connectivity index is 2.26. The Bertz CT molecular complexity index is 367. The number of hydrogen-bond acceptors (Lipinski definition) is 3. The van der Waals surface area contributed by atoms with Crippen molar-refractivity contribution in [3.63, 3.8) is 0 Å². The summed E-state index contributed by atoms with van der Waals surface area (Å²) in [6, 6.07) is 0.537. The van der Waals surface area contributed by atoms with Gasteiger partial charge in [-0.1, -0.05) is 12.8 Å². The lowest BCUT2D eigenvalue weighted by molar-refractivity contribution is 0.328. The van der Waals surface area contributed by atoms with E-state index in [1.165, 1.54) is 31.2 Å². The second kappa shape index (κ2) is 5.54. The number of aryl methyl sites for hydroxylation is 1. The van der Waals surface area contributed by atoms with E-state index in [1.807, 2.05) is 0 Å². The van der Waals surface area contributed by atoms with Crippen LogP contribution in [0.5, 0.6) is 5.88 Å². The molecule has 2 rings (SSSR count). The minimum atomic E-state index is 0.537. The van der Waals surface area contributed by atoms with Crippen LogP contribution in [0.15, 0.2) is 0 Å². The first-order valence-electron chi connectivity index (χ1n) is 6.60. The highest BCUT2D eigenvalue weighted by Crippen LogP contribution is 2.35. The number of aromatic nitrogens is 2. The van der Waals surface area contributed by atoms with E-state index in [0.717, 1.165) is 31.0 Å². The van der Waals surface area contributed by atoms with E-state index >= 15 is 0 Å². The Kier molecular flexibility index (Phi) is 4.05. The van der Waals surface area contributed by atoms with Crippen LogP contribution in [0.25, 0.3) is 0 Å². The standard InChI is InChI=1S/C13H23N3O/c1-10-12(8-5-9-14)13(17-2)16(15-10)11-6-3-4-7-11/h11H,3-9,14H2,1-2H3. The van der Waals surface area contributed by atoms with Crippen molar-refractivity contribution in [3.8, 4) is 5.88 Å². The maximum absolute atomic E-state index is 5.58. The number of hydrogen-bond donors (Lipinski definition) is 1. The molecule has 0 aromatic carbocycles. The first-order chi connectivity index (χ1) is 8.27. The molecule has 1 aliphatic rings. The summed E-state index contributed by atoms with van der Waals surface area (Å²) in [6.45, 7) is 2.79. The number of methoxy groups -OCH3 is 1. The van der Waals surface area contributed by atoms with Crippen LogP contribution in [-0.2, 0) is 6.42 Å². The predicted octanol–water partition coefficient (Wildman–Crippen LogP) is 2.21. The van der Waals surface area contributed by atoms with Gasteiger partial charge in [-0.05, 0) is 39.2 Å². The van der Waals surface area contributed by atoms with Crippen molar-refractivity contribution >= 4 is 0 Å². The zero-order chi connectivity index (χ0) is 12.3. The number of nitrogens with zero attached hydrogens (tertiary/aromatic N) is 2. The number of nitrogens with two attached hydrogens (primary N) is 1. The fourth-order valence-electron chi connectivity index (χ4n) is 2.74. The van der Waals surface area contributed by atoms with Gasteiger partial charge in [0.1, 0.15) is 0 Å². The van der Waals surface area contributed by atoms with E-state index in [-0.39, 0.29) is 0 Å². The van der Waals surface area contributed by atoms with Crippen LogP contribution in [0, 0.1) is 6.92 Å². The van der Waals surface area contributed by atoms with Gasteiger partial charge in [0.05, 0.1) is 18.8 Å². The van der Waals surface area contributed by atoms with Gasteiger partial charge in [0.2, 0.25) is 5.88 Å². The summed E-state index contributed by atoms with van der Waals surface area (Å²) in [4.78, 5) is 0. The van der Waals surface area contributed by atoms with Crippen molar-refractivity contribution in [2.45, 2.75) is 51.5 Å². The average molecular weight is 237 g/mol. The molecule has 17 heavy (non-hydrogen) atoms. The molecule has 0 aliphatic heterocycles. The molecule has 0 atom stereocenters. The van der Waals surface area contributed by atoms with Crippen LogP contribution in [0.3, 0.4) is 0 Å². The number of ether oxygens (including phenoxy) is 1. The van der Waals surface area contributed by atoms with Crippen LogP contribution in [-0.4, -0.2) is 23.4 Å². The van der Waals surface area contributed by atoms with Crippen molar-refractivity contribution in [2.75, 3.05) is 13.7 Å². The quantitative estimate of drug-likeness (QED) is 0.854. The summed E-state index contributed by atoms with van der Waals surface area (Å²) in [5.41, 5.74) is 7.92. The fourth-order valence-corrected chi connectivity index (χ4v) is 2.74. The second-order valence-corrected chi connectivity index (χ2v) is 4.85. The Labute approximate surface area is 103 Å². The molecule has 0 spiro atoms. The van der Waals surface area contributed by atoms with Crippen LogP contribution in [0.2, 0.25) is 0 Å². The topological polar surface area (TPSA) is 53.1 Å². The lowest BCUT2D eigenvalue weighted by Crippen LogP contribution is -2.09. The zero-order valence-corrected chi connectivity index (χ0v) is 10.9. The number of rotatable bonds is 5. The van der Waals surface area contributed by atoms with Crippen LogP contribution >= 0.6 is 0 Å². The summed E-state index contributed by atoms with van der Waals surface area (Å²) in [5, 5.41) is 4.67. The van der Waals surface area contributed by atoms with E-state index < -0.39 is 0 Å². The molecule has 2 N–H and O–H groups in total. The SMILES string of the molecule is COc1c(CCCN)c(C)nn1C1CCCC1. The van der Waals surface area contributed by atoms with Crippen LogP contribution < -0.4 is 10.5 Å². The molecule has 0 unspecified atom stereocenters. The molecular formula is C13H23N3O. The average Bonchev–Trinajstić information content (AvgIpc) is 2.93. The van der Waals surface area contributed by atoms with Gasteiger partial charge in [-0.15, -0.1) is 0 Å². The van der Waals surface area contributed by atoms with Crippen molar-refractivity contribution in [1.29, 1.82) is 0 Å². The molecule has 1 aliphatic carbocycles. The molecule has 0 radical (unpaired) electrons. The van der Waals surface area contributed by atoms with Gasteiger partial charge < -0.3 is 10.5 Å². The summed E-state index contributed by atoms with van der Waals surface area (Å²) in [6.07, 6.45) is 7.04. The molecule has 1 saturated carbocycles. The third-order valence-corrected chi connectivity index (χ3v) is 3.66. The highest BCUT2D eigenvalue weighted by Gasteiger charge is 2.24. The molecule has 1 heterocycles. The van der Waals surface area contributed by atoms with Crippen molar-refractivity contribution in [3.05, 3.63) is 11.3 Å². The summed E-state index contributed by atoms with van der Waals surface area (Å²) < 4.78 is 7.67.